The normalized spacial score (nSPS) is 11.2. The molecule has 0 bridgehead atoms. The highest BCUT2D eigenvalue weighted by atomic mass is 32.2. The van der Waals surface area contributed by atoms with Gasteiger partial charge < -0.3 is 4.74 Å². The molecule has 7 heteroatoms. The Kier molecular flexibility index (Phi) is 5.56. The molecule has 0 aliphatic rings. The summed E-state index contributed by atoms with van der Waals surface area (Å²) in [4.78, 5) is 11.5. The van der Waals surface area contributed by atoms with E-state index in [1.54, 1.807) is 30.3 Å². The number of benzene rings is 3. The van der Waals surface area contributed by atoms with Crippen LogP contribution in [0.15, 0.2) is 71.6 Å². The Hall–Kier alpha value is -3.06. The van der Waals surface area contributed by atoms with Gasteiger partial charge in [0.25, 0.3) is 0 Å². The van der Waals surface area contributed by atoms with Crippen molar-refractivity contribution in [1.82, 2.24) is 0 Å². The highest BCUT2D eigenvalue weighted by molar-refractivity contribution is 7.90. The highest BCUT2D eigenvalue weighted by Crippen LogP contribution is 2.28. The minimum Gasteiger partial charge on any atom is -0.465 e. The zero-order chi connectivity index (χ0) is 20.3. The lowest BCUT2D eigenvalue weighted by atomic mass is 10.0. The van der Waals surface area contributed by atoms with Crippen molar-refractivity contribution in [3.05, 3.63) is 89.5 Å². The zero-order valence-electron chi connectivity index (χ0n) is 14.9. The first-order valence-electron chi connectivity index (χ1n) is 8.26. The molecule has 0 aromatic heterocycles. The fraction of sp³-hybridized carbons (Fsp3) is 0.0952. The monoisotopic (exact) mass is 402 g/mol. The Morgan fingerprint density at radius 2 is 1.64 bits per heavy atom. The molecule has 0 saturated heterocycles. The molecule has 0 fully saturated rings. The number of rotatable bonds is 5. The lowest BCUT2D eigenvalue weighted by Gasteiger charge is -2.10. The van der Waals surface area contributed by atoms with Crippen LogP contribution in [0.5, 0.6) is 0 Å². The summed E-state index contributed by atoms with van der Waals surface area (Å²) < 4.78 is 58.5. The molecule has 0 heterocycles. The summed E-state index contributed by atoms with van der Waals surface area (Å²) in [6.07, 6.45) is 0. The molecule has 0 amide bonds. The van der Waals surface area contributed by atoms with E-state index in [4.69, 9.17) is 0 Å². The van der Waals surface area contributed by atoms with E-state index < -0.39 is 33.2 Å². The molecule has 0 aliphatic heterocycles. The maximum atomic E-state index is 14.3. The fourth-order valence-electron chi connectivity index (χ4n) is 2.77. The van der Waals surface area contributed by atoms with Crippen LogP contribution in [-0.4, -0.2) is 21.5 Å². The zero-order valence-corrected chi connectivity index (χ0v) is 15.7. The van der Waals surface area contributed by atoms with Crippen molar-refractivity contribution in [1.29, 1.82) is 0 Å². The summed E-state index contributed by atoms with van der Waals surface area (Å²) in [7, 11) is -2.80. The maximum Gasteiger partial charge on any atom is 0.337 e. The van der Waals surface area contributed by atoms with Gasteiger partial charge >= 0.3 is 5.97 Å². The average molecular weight is 402 g/mol. The summed E-state index contributed by atoms with van der Waals surface area (Å²) in [5.74, 6) is -3.09. The molecular weight excluding hydrogens is 386 g/mol. The van der Waals surface area contributed by atoms with Crippen molar-refractivity contribution < 1.29 is 26.7 Å². The van der Waals surface area contributed by atoms with Gasteiger partial charge in [0.1, 0.15) is 11.6 Å². The smallest absolute Gasteiger partial charge is 0.337 e. The van der Waals surface area contributed by atoms with Crippen LogP contribution in [0.1, 0.15) is 15.9 Å². The minimum absolute atomic E-state index is 0.0631. The van der Waals surface area contributed by atoms with E-state index in [2.05, 4.69) is 4.74 Å². The van der Waals surface area contributed by atoms with E-state index in [1.165, 1.54) is 37.4 Å². The SMILES string of the molecule is COC(=O)c1cccc(S(=O)(=O)Cc2cc(-c3ccccc3)c(F)cc2F)c1. The molecule has 0 aliphatic carbocycles. The van der Waals surface area contributed by atoms with Crippen LogP contribution < -0.4 is 0 Å². The lowest BCUT2D eigenvalue weighted by Crippen LogP contribution is -2.09. The van der Waals surface area contributed by atoms with Crippen LogP contribution in [0.3, 0.4) is 0 Å². The largest absolute Gasteiger partial charge is 0.465 e. The second-order valence-corrected chi connectivity index (χ2v) is 8.06. The van der Waals surface area contributed by atoms with Crippen molar-refractivity contribution in [2.75, 3.05) is 7.11 Å². The molecule has 0 unspecified atom stereocenters. The van der Waals surface area contributed by atoms with E-state index in [9.17, 15) is 22.0 Å². The van der Waals surface area contributed by atoms with Crippen molar-refractivity contribution in [2.45, 2.75) is 10.6 Å². The molecule has 28 heavy (non-hydrogen) atoms. The van der Waals surface area contributed by atoms with E-state index in [1.807, 2.05) is 0 Å². The average Bonchev–Trinajstić information content (AvgIpc) is 2.70. The van der Waals surface area contributed by atoms with Crippen molar-refractivity contribution in [2.24, 2.45) is 0 Å². The number of sulfone groups is 1. The standard InChI is InChI=1S/C21H16F2O4S/c1-27-21(24)15-8-5-9-17(10-15)28(25,26)13-16-11-18(20(23)12-19(16)22)14-6-3-2-4-7-14/h2-12H,13H2,1H3. The van der Waals surface area contributed by atoms with E-state index in [-0.39, 0.29) is 21.6 Å². The molecule has 144 valence electrons. The van der Waals surface area contributed by atoms with E-state index in [0.29, 0.717) is 11.6 Å². The van der Waals surface area contributed by atoms with Gasteiger partial charge in [0.2, 0.25) is 0 Å². The first-order chi connectivity index (χ1) is 13.3. The number of hydrogen-bond acceptors (Lipinski definition) is 4. The van der Waals surface area contributed by atoms with Gasteiger partial charge in [0, 0.05) is 17.2 Å². The van der Waals surface area contributed by atoms with Crippen molar-refractivity contribution >= 4 is 15.8 Å². The molecule has 0 saturated carbocycles. The van der Waals surface area contributed by atoms with Crippen LogP contribution in [-0.2, 0) is 20.3 Å². The van der Waals surface area contributed by atoms with Crippen molar-refractivity contribution in [3.63, 3.8) is 0 Å². The van der Waals surface area contributed by atoms with Crippen LogP contribution in [0, 0.1) is 11.6 Å². The Morgan fingerprint density at radius 1 is 0.929 bits per heavy atom. The van der Waals surface area contributed by atoms with Gasteiger partial charge in [0.05, 0.1) is 23.3 Å². The van der Waals surface area contributed by atoms with Crippen LogP contribution in [0.25, 0.3) is 11.1 Å². The minimum atomic E-state index is -3.98. The number of carbonyl (C=O) groups is 1. The Bertz CT molecular complexity index is 1130. The second kappa shape index (κ2) is 7.90. The van der Waals surface area contributed by atoms with Gasteiger partial charge in [-0.3, -0.25) is 0 Å². The third-order valence-electron chi connectivity index (χ3n) is 4.18. The number of halogens is 2. The second-order valence-electron chi connectivity index (χ2n) is 6.07. The maximum absolute atomic E-state index is 14.3. The highest BCUT2D eigenvalue weighted by Gasteiger charge is 2.21. The van der Waals surface area contributed by atoms with Crippen molar-refractivity contribution in [3.8, 4) is 11.1 Å². The molecule has 3 aromatic carbocycles. The molecule has 4 nitrogen and oxygen atoms in total. The number of carbonyl (C=O) groups excluding carboxylic acids is 1. The Balaban J connectivity index is 2.00. The molecule has 0 spiro atoms. The number of hydrogen-bond donors (Lipinski definition) is 0. The summed E-state index contributed by atoms with van der Waals surface area (Å²) in [5.41, 5.74) is 0.513. The molecule has 0 atom stereocenters. The molecule has 3 rings (SSSR count). The van der Waals surface area contributed by atoms with Gasteiger partial charge in [-0.1, -0.05) is 36.4 Å². The fourth-order valence-corrected chi connectivity index (χ4v) is 4.16. The quantitative estimate of drug-likeness (QED) is 0.594. The Labute approximate surface area is 161 Å². The summed E-state index contributed by atoms with van der Waals surface area (Å²) in [6, 6.07) is 15.6. The Morgan fingerprint density at radius 3 is 2.32 bits per heavy atom. The molecule has 0 radical (unpaired) electrons. The summed E-state index contributed by atoms with van der Waals surface area (Å²) >= 11 is 0. The predicted octanol–water partition coefficient (Wildman–Crippen LogP) is 4.39. The van der Waals surface area contributed by atoms with Gasteiger partial charge in [-0.25, -0.2) is 22.0 Å². The van der Waals surface area contributed by atoms with Crippen LogP contribution >= 0.6 is 0 Å². The summed E-state index contributed by atoms with van der Waals surface area (Å²) in [6.45, 7) is 0. The predicted molar refractivity (Wildman–Crippen MR) is 100 cm³/mol. The first kappa shape index (κ1) is 19.7. The third-order valence-corrected chi connectivity index (χ3v) is 5.84. The van der Waals surface area contributed by atoms with Crippen LogP contribution in [0.4, 0.5) is 8.78 Å². The molecule has 0 N–H and O–H groups in total. The molecule has 3 aromatic rings. The lowest BCUT2D eigenvalue weighted by molar-refractivity contribution is 0.0600. The topological polar surface area (TPSA) is 60.4 Å². The number of methoxy groups -OCH3 is 1. The first-order valence-corrected chi connectivity index (χ1v) is 9.91. The van der Waals surface area contributed by atoms with Gasteiger partial charge in [0.15, 0.2) is 9.84 Å². The van der Waals surface area contributed by atoms with Gasteiger partial charge in [-0.05, 0) is 29.8 Å². The molecular formula is C21H16F2O4S. The van der Waals surface area contributed by atoms with Gasteiger partial charge in [-0.15, -0.1) is 0 Å². The van der Waals surface area contributed by atoms with E-state index in [0.717, 1.165) is 0 Å². The van der Waals surface area contributed by atoms with Gasteiger partial charge in [-0.2, -0.15) is 0 Å². The van der Waals surface area contributed by atoms with Crippen LogP contribution in [0.2, 0.25) is 0 Å². The number of esters is 1. The van der Waals surface area contributed by atoms with E-state index >= 15 is 0 Å². The summed E-state index contributed by atoms with van der Waals surface area (Å²) in [5, 5.41) is 0. The number of ether oxygens (including phenoxy) is 1. The third kappa shape index (κ3) is 4.09.